The van der Waals surface area contributed by atoms with Gasteiger partial charge in [0.2, 0.25) is 6.71 Å². The highest BCUT2D eigenvalue weighted by molar-refractivity contribution is 7.26. The minimum atomic E-state index is -0.249. The first-order chi connectivity index (χ1) is 43.1. The molecule has 8 aliphatic rings. The molecule has 0 bridgehead atoms. The minimum absolute atomic E-state index is 0.157. The van der Waals surface area contributed by atoms with Crippen molar-refractivity contribution in [2.24, 2.45) is 0 Å². The van der Waals surface area contributed by atoms with E-state index in [0.717, 1.165) is 122 Å². The molecule has 0 fully saturated rings. The monoisotopic (exact) mass is 1120 g/mol. The highest BCUT2D eigenvalue weighted by Crippen LogP contribution is 2.56. The van der Waals surface area contributed by atoms with Crippen molar-refractivity contribution in [1.82, 2.24) is 0 Å². The fraction of sp³-hybridized carbons (Fsp3) is 0. The molecule has 0 N–H and O–H groups in total. The van der Waals surface area contributed by atoms with E-state index in [2.05, 4.69) is 243 Å². The average Bonchev–Trinajstić information content (AvgIpc) is 0.969. The normalized spacial score (nSPS) is 14.4. The van der Waals surface area contributed by atoms with Crippen molar-refractivity contribution in [3.05, 3.63) is 248 Å². The molecule has 8 aliphatic heterocycles. The Labute approximate surface area is 505 Å². The molecule has 13 heteroatoms. The molecule has 0 spiro atoms. The van der Waals surface area contributed by atoms with Gasteiger partial charge in [-0.1, -0.05) is 158 Å². The second-order valence-electron chi connectivity index (χ2n) is 23.8. The molecule has 8 nitrogen and oxygen atoms in total. The smallest absolute Gasteiger partial charge is 0.256 e. The zero-order chi connectivity index (χ0) is 56.7. The van der Waals surface area contributed by atoms with Gasteiger partial charge < -0.3 is 29.1 Å². The Morgan fingerprint density at radius 2 is 0.747 bits per heavy atom. The van der Waals surface area contributed by atoms with Gasteiger partial charge >= 0.3 is 0 Å². The number of fused-ring (bicyclic) bond motifs is 23. The van der Waals surface area contributed by atoms with Crippen LogP contribution in [-0.4, -0.2) is 26.9 Å². The molecule has 0 atom stereocenters. The molecular formula is C74H38B4N6O2S. The summed E-state index contributed by atoms with van der Waals surface area (Å²) in [6, 6.07) is 86.1. The topological polar surface area (TPSA) is 59.6 Å². The maximum atomic E-state index is 11.9. The molecule has 0 unspecified atom stereocenters. The molecule has 0 amide bonds. The number of thiophene rings is 1. The first-order valence-electron chi connectivity index (χ1n) is 29.6. The van der Waals surface area contributed by atoms with Crippen LogP contribution in [-0.2, 0) is 0 Å². The Bertz CT molecular complexity index is 5150. The van der Waals surface area contributed by atoms with Crippen LogP contribution in [0.4, 0.5) is 73.9 Å². The van der Waals surface area contributed by atoms with Gasteiger partial charge in [-0.2, -0.15) is 5.26 Å². The lowest BCUT2D eigenvalue weighted by Crippen LogP contribution is -2.68. The van der Waals surface area contributed by atoms with E-state index in [1.165, 1.54) is 43.5 Å². The van der Waals surface area contributed by atoms with E-state index in [1.807, 2.05) is 18.2 Å². The van der Waals surface area contributed by atoms with E-state index in [0.29, 0.717) is 22.7 Å². The summed E-state index contributed by atoms with van der Waals surface area (Å²) in [7, 11) is 0. The van der Waals surface area contributed by atoms with Crippen LogP contribution in [0.25, 0.3) is 25.0 Å². The van der Waals surface area contributed by atoms with E-state index < -0.39 is 0 Å². The molecule has 21 rings (SSSR count). The predicted molar refractivity (Wildman–Crippen MR) is 361 cm³/mol. The Hall–Kier alpha value is -11.1. The number of anilines is 12. The van der Waals surface area contributed by atoms with Crippen LogP contribution in [0.1, 0.15) is 5.56 Å². The molecule has 9 heterocycles. The maximum absolute atomic E-state index is 11.9. The van der Waals surface area contributed by atoms with Gasteiger partial charge in [0.05, 0.1) is 17.9 Å². The molecule has 0 saturated heterocycles. The summed E-state index contributed by atoms with van der Waals surface area (Å²) < 4.78 is 16.6. The Morgan fingerprint density at radius 3 is 1.21 bits per heavy atom. The minimum Gasteiger partial charge on any atom is -0.469 e. The largest absolute Gasteiger partial charge is 0.469 e. The molecule has 87 heavy (non-hydrogen) atoms. The van der Waals surface area contributed by atoms with Crippen LogP contribution in [0.2, 0.25) is 0 Å². The number of benzene rings is 12. The third-order valence-corrected chi connectivity index (χ3v) is 21.1. The first-order valence-corrected chi connectivity index (χ1v) is 30.5. The van der Waals surface area contributed by atoms with Crippen LogP contribution in [0, 0.1) is 17.9 Å². The van der Waals surface area contributed by atoms with Crippen molar-refractivity contribution < 1.29 is 9.47 Å². The van der Waals surface area contributed by atoms with Crippen molar-refractivity contribution in [3.63, 3.8) is 0 Å². The van der Waals surface area contributed by atoms with Crippen molar-refractivity contribution in [2.75, 3.05) is 19.6 Å². The Morgan fingerprint density at radius 1 is 0.368 bits per heavy atom. The van der Waals surface area contributed by atoms with Gasteiger partial charge in [-0.3, -0.25) is 0 Å². The number of hydrogen-bond acceptors (Lipinski definition) is 8. The molecule has 12 aromatic carbocycles. The lowest BCUT2D eigenvalue weighted by atomic mass is 9.29. The van der Waals surface area contributed by atoms with Crippen molar-refractivity contribution in [1.29, 1.82) is 5.26 Å². The van der Waals surface area contributed by atoms with Gasteiger partial charge in [-0.15, -0.1) is 11.3 Å². The van der Waals surface area contributed by atoms with Crippen LogP contribution < -0.4 is 94.6 Å². The number of nitrogens with zero attached hydrogens (tertiary/aromatic N) is 6. The molecular weight excluding hydrogens is 1080 g/mol. The standard InChI is InChI=1S/C74H38B4N6O2S/c1-80-68-72-65-71-67-74(68)86-61-35-19-13-29-51(61)76(67)47-25-9-15-31-55(47)84(71)57-33-17-11-27-49(57)78(65)53-37-44-43-36-52-58(38-62(43)87-63(44)39-59(53)82(72)42-22-6-3-7-23-42)81(41-20-4-2-5-21-41)69-45(40-79)73-66-70-64(69)77(52)48-26-10-16-32-56(48)83(70)54-30-14-8-24-46(54)75(66)50-28-12-18-34-60(50)85-73/h2-39H. The van der Waals surface area contributed by atoms with Crippen LogP contribution in [0.5, 0.6) is 23.0 Å². The molecule has 0 radical (unpaired) electrons. The SMILES string of the molecule is [C-]#[N+]c1c2c3c4c5c1N(c1ccccc1)c1cc6sc7cc8c(cc7c6cc1B5c1ccccc1N4c1ccccc1B3c1ccccc1O2)B1c2ccccc2N2c3ccccc3B3c4ccccc4Oc4c(C#N)c(c1c2c43)N8c1ccccc1. The molecule has 394 valence electrons. The molecule has 13 aromatic rings. The highest BCUT2D eigenvalue weighted by atomic mass is 32.1. The Kier molecular flexibility index (Phi) is 8.73. The van der Waals surface area contributed by atoms with Crippen LogP contribution >= 0.6 is 11.3 Å². The van der Waals surface area contributed by atoms with E-state index in [-0.39, 0.29) is 26.9 Å². The number of rotatable bonds is 2. The lowest BCUT2D eigenvalue weighted by Gasteiger charge is -2.49. The van der Waals surface area contributed by atoms with Crippen molar-refractivity contribution >= 4 is 198 Å². The number of hydrogen-bond donors (Lipinski definition) is 0. The maximum Gasteiger partial charge on any atom is 0.256 e. The highest BCUT2D eigenvalue weighted by Gasteiger charge is 2.55. The van der Waals surface area contributed by atoms with Gasteiger partial charge in [-0.05, 0) is 149 Å². The summed E-state index contributed by atoms with van der Waals surface area (Å²) in [6.45, 7) is 8.51. The summed E-state index contributed by atoms with van der Waals surface area (Å²) in [5.41, 5.74) is 27.0. The second-order valence-corrected chi connectivity index (χ2v) is 24.9. The average molecular weight is 1120 g/mol. The zero-order valence-electron chi connectivity index (χ0n) is 46.2. The van der Waals surface area contributed by atoms with Gasteiger partial charge in [-0.25, -0.2) is 4.85 Å². The summed E-state index contributed by atoms with van der Waals surface area (Å²) in [5, 5.41) is 14.3. The Balaban J connectivity index is 0.870. The zero-order valence-corrected chi connectivity index (χ0v) is 47.0. The first kappa shape index (κ1) is 46.3. The van der Waals surface area contributed by atoms with Crippen molar-refractivity contribution in [2.45, 2.75) is 0 Å². The fourth-order valence-corrected chi connectivity index (χ4v) is 17.9. The van der Waals surface area contributed by atoms with Crippen molar-refractivity contribution in [3.8, 4) is 29.1 Å². The number of ether oxygens (including phenoxy) is 2. The van der Waals surface area contributed by atoms with Crippen LogP contribution in [0.15, 0.2) is 231 Å². The molecule has 0 aliphatic carbocycles. The second kappa shape index (κ2) is 16.4. The van der Waals surface area contributed by atoms with Gasteiger partial charge in [0.1, 0.15) is 34.6 Å². The fourth-order valence-electron chi connectivity index (χ4n) is 16.8. The predicted octanol–water partition coefficient (Wildman–Crippen LogP) is 10.5. The molecule has 0 saturated carbocycles. The van der Waals surface area contributed by atoms with E-state index in [9.17, 15) is 11.8 Å². The summed E-state index contributed by atoms with van der Waals surface area (Å²) in [6.07, 6.45) is 0. The quantitative estimate of drug-likeness (QED) is 0.126. The van der Waals surface area contributed by atoms with Crippen LogP contribution in [0.3, 0.4) is 0 Å². The lowest BCUT2D eigenvalue weighted by molar-refractivity contribution is 0.486. The van der Waals surface area contributed by atoms with Gasteiger partial charge in [0, 0.05) is 66.3 Å². The molecule has 1 aromatic heterocycles. The van der Waals surface area contributed by atoms with Gasteiger partial charge in [0.25, 0.3) is 25.8 Å². The summed E-state index contributed by atoms with van der Waals surface area (Å²) in [4.78, 5) is 14.3. The van der Waals surface area contributed by atoms with E-state index >= 15 is 0 Å². The number of para-hydroxylation sites is 8. The van der Waals surface area contributed by atoms with E-state index in [4.69, 9.17) is 9.47 Å². The summed E-state index contributed by atoms with van der Waals surface area (Å²) >= 11 is 1.80. The third-order valence-electron chi connectivity index (χ3n) is 19.9. The van der Waals surface area contributed by atoms with E-state index in [1.54, 1.807) is 11.3 Å². The van der Waals surface area contributed by atoms with Gasteiger partial charge in [0.15, 0.2) is 0 Å². The third kappa shape index (κ3) is 5.59. The number of nitriles is 1. The summed E-state index contributed by atoms with van der Waals surface area (Å²) in [5.74, 6) is 2.79.